The van der Waals surface area contributed by atoms with Crippen LogP contribution in [-0.2, 0) is 9.53 Å². The van der Waals surface area contributed by atoms with E-state index >= 15 is 0 Å². The lowest BCUT2D eigenvalue weighted by atomic mass is 9.83. The molecule has 3 rings (SSSR count). The number of esters is 1. The third kappa shape index (κ3) is 7.31. The van der Waals surface area contributed by atoms with Crippen LogP contribution in [-0.4, -0.2) is 37.6 Å². The highest BCUT2D eigenvalue weighted by atomic mass is 35.5. The zero-order valence-corrected chi connectivity index (χ0v) is 18.3. The van der Waals surface area contributed by atoms with Gasteiger partial charge < -0.3 is 15.4 Å². The van der Waals surface area contributed by atoms with Crippen molar-refractivity contribution >= 4 is 24.3 Å². The van der Waals surface area contributed by atoms with E-state index in [0.717, 1.165) is 50.8 Å². The van der Waals surface area contributed by atoms with Gasteiger partial charge in [-0.25, -0.2) is 0 Å². The number of ether oxygens (including phenoxy) is 1. The van der Waals surface area contributed by atoms with E-state index in [4.69, 9.17) is 4.74 Å². The molecular formula is C23H35ClN2O3. The Bertz CT molecular complexity index is 636. The highest BCUT2D eigenvalue weighted by molar-refractivity contribution is 5.94. The van der Waals surface area contributed by atoms with Crippen LogP contribution < -0.4 is 10.6 Å². The Kier molecular flexibility index (Phi) is 9.95. The number of carbonyl (C=O) groups is 2. The van der Waals surface area contributed by atoms with E-state index in [1.54, 1.807) is 0 Å². The highest BCUT2D eigenvalue weighted by Crippen LogP contribution is 2.28. The summed E-state index contributed by atoms with van der Waals surface area (Å²) in [4.78, 5) is 24.1. The maximum Gasteiger partial charge on any atom is 0.305 e. The smallest absolute Gasteiger partial charge is 0.305 e. The number of nitrogens with one attached hydrogen (secondary N) is 2. The molecule has 1 aliphatic heterocycles. The Balaban J connectivity index is 0.00000300. The van der Waals surface area contributed by atoms with E-state index in [-0.39, 0.29) is 30.3 Å². The minimum Gasteiger partial charge on any atom is -0.466 e. The quantitative estimate of drug-likeness (QED) is 0.646. The molecule has 0 bridgehead atoms. The maximum atomic E-state index is 12.6. The number of piperidine rings is 1. The number of halogens is 1. The predicted molar refractivity (Wildman–Crippen MR) is 118 cm³/mol. The van der Waals surface area contributed by atoms with Crippen molar-refractivity contribution in [2.75, 3.05) is 19.7 Å². The fraction of sp³-hybridized carbons (Fsp3) is 0.652. The van der Waals surface area contributed by atoms with Crippen LogP contribution in [0.3, 0.4) is 0 Å². The zero-order chi connectivity index (χ0) is 19.8. The second kappa shape index (κ2) is 12.2. The first-order valence-corrected chi connectivity index (χ1v) is 10.9. The maximum absolute atomic E-state index is 12.6. The molecule has 1 aromatic rings. The summed E-state index contributed by atoms with van der Waals surface area (Å²) in [6.07, 6.45) is 7.88. The number of rotatable bonds is 7. The first-order valence-electron chi connectivity index (χ1n) is 10.9. The molecule has 162 valence electrons. The Labute approximate surface area is 180 Å². The molecule has 5 nitrogen and oxygen atoms in total. The third-order valence-electron chi connectivity index (χ3n) is 6.23. The van der Waals surface area contributed by atoms with E-state index in [1.165, 1.54) is 18.4 Å². The van der Waals surface area contributed by atoms with Gasteiger partial charge in [-0.05, 0) is 94.5 Å². The van der Waals surface area contributed by atoms with Crippen LogP contribution in [0.2, 0.25) is 0 Å². The summed E-state index contributed by atoms with van der Waals surface area (Å²) < 4.78 is 5.00. The van der Waals surface area contributed by atoms with Crippen LogP contribution in [0.4, 0.5) is 0 Å². The Hall–Kier alpha value is -1.59. The van der Waals surface area contributed by atoms with Gasteiger partial charge in [0, 0.05) is 18.0 Å². The Morgan fingerprint density at radius 3 is 2.31 bits per heavy atom. The molecule has 0 unspecified atom stereocenters. The molecule has 1 saturated heterocycles. The number of hydrogen-bond donors (Lipinski definition) is 2. The lowest BCUT2D eigenvalue weighted by Crippen LogP contribution is -2.37. The second-order valence-corrected chi connectivity index (χ2v) is 8.18. The van der Waals surface area contributed by atoms with Gasteiger partial charge in [0.1, 0.15) is 0 Å². The van der Waals surface area contributed by atoms with Gasteiger partial charge in [-0.3, -0.25) is 9.59 Å². The molecule has 29 heavy (non-hydrogen) atoms. The monoisotopic (exact) mass is 422 g/mol. The highest BCUT2D eigenvalue weighted by Gasteiger charge is 2.23. The van der Waals surface area contributed by atoms with Crippen LogP contribution in [0.25, 0.3) is 0 Å². The normalized spacial score (nSPS) is 22.4. The Morgan fingerprint density at radius 1 is 1.03 bits per heavy atom. The molecule has 1 aromatic carbocycles. The molecule has 2 fully saturated rings. The van der Waals surface area contributed by atoms with Crippen molar-refractivity contribution in [2.45, 2.75) is 70.3 Å². The molecule has 0 spiro atoms. The van der Waals surface area contributed by atoms with E-state index in [2.05, 4.69) is 22.8 Å². The first kappa shape index (κ1) is 23.7. The lowest BCUT2D eigenvalue weighted by molar-refractivity contribution is -0.143. The summed E-state index contributed by atoms with van der Waals surface area (Å²) in [5.74, 6) is 1.13. The minimum absolute atomic E-state index is 0. The summed E-state index contributed by atoms with van der Waals surface area (Å²) in [5, 5.41) is 6.59. The summed E-state index contributed by atoms with van der Waals surface area (Å²) in [5.41, 5.74) is 2.10. The summed E-state index contributed by atoms with van der Waals surface area (Å²) in [6, 6.07) is 8.43. The van der Waals surface area contributed by atoms with Crippen LogP contribution in [0, 0.1) is 5.92 Å². The van der Waals surface area contributed by atoms with Crippen LogP contribution in [0.5, 0.6) is 0 Å². The van der Waals surface area contributed by atoms with Gasteiger partial charge >= 0.3 is 5.97 Å². The van der Waals surface area contributed by atoms with Crippen molar-refractivity contribution in [2.24, 2.45) is 5.92 Å². The van der Waals surface area contributed by atoms with Gasteiger partial charge in [0.2, 0.25) is 0 Å². The molecule has 0 atom stereocenters. The fourth-order valence-electron chi connectivity index (χ4n) is 4.48. The number of hydrogen-bond acceptors (Lipinski definition) is 4. The van der Waals surface area contributed by atoms with Crippen molar-refractivity contribution in [3.05, 3.63) is 35.4 Å². The average molecular weight is 423 g/mol. The molecule has 0 aromatic heterocycles. The van der Waals surface area contributed by atoms with Gasteiger partial charge in [-0.2, -0.15) is 0 Å². The second-order valence-electron chi connectivity index (χ2n) is 8.18. The van der Waals surface area contributed by atoms with E-state index < -0.39 is 0 Å². The SMILES string of the molecule is CCOC(=O)CC[C@H]1CC[C@H](NC(=O)c2ccc(C3CCNCC3)cc2)CC1.Cl. The first-order chi connectivity index (χ1) is 13.7. The van der Waals surface area contributed by atoms with Gasteiger partial charge in [0.15, 0.2) is 0 Å². The van der Waals surface area contributed by atoms with Gasteiger partial charge in [0.25, 0.3) is 5.91 Å². The molecule has 6 heteroatoms. The molecule has 1 saturated carbocycles. The van der Waals surface area contributed by atoms with Crippen molar-refractivity contribution in [1.29, 1.82) is 0 Å². The molecule has 1 heterocycles. The van der Waals surface area contributed by atoms with Gasteiger partial charge in [-0.1, -0.05) is 12.1 Å². The predicted octanol–water partition coefficient (Wildman–Crippen LogP) is 4.21. The van der Waals surface area contributed by atoms with E-state index in [9.17, 15) is 9.59 Å². The largest absolute Gasteiger partial charge is 0.466 e. The van der Waals surface area contributed by atoms with E-state index in [1.807, 2.05) is 19.1 Å². The van der Waals surface area contributed by atoms with E-state index in [0.29, 0.717) is 24.9 Å². The summed E-state index contributed by atoms with van der Waals surface area (Å²) in [7, 11) is 0. The third-order valence-corrected chi connectivity index (χ3v) is 6.23. The molecule has 1 amide bonds. The fourth-order valence-corrected chi connectivity index (χ4v) is 4.48. The number of amides is 1. The average Bonchev–Trinajstić information content (AvgIpc) is 2.74. The van der Waals surface area contributed by atoms with Crippen molar-refractivity contribution in [3.8, 4) is 0 Å². The molecule has 2 N–H and O–H groups in total. The topological polar surface area (TPSA) is 67.4 Å². The molecule has 2 aliphatic rings. The molecule has 0 radical (unpaired) electrons. The standard InChI is InChI=1S/C23H34N2O3.ClH/c1-2-28-22(26)12-5-17-3-10-21(11-4-17)25-23(27)20-8-6-18(7-9-20)19-13-15-24-16-14-19;/h6-9,17,19,21,24H,2-5,10-16H2,1H3,(H,25,27);1H/t17-,21-;. The van der Waals surface area contributed by atoms with Crippen LogP contribution in [0.1, 0.15) is 80.1 Å². The Morgan fingerprint density at radius 2 is 1.69 bits per heavy atom. The van der Waals surface area contributed by atoms with Gasteiger partial charge in [-0.15, -0.1) is 12.4 Å². The van der Waals surface area contributed by atoms with Gasteiger partial charge in [0.05, 0.1) is 6.61 Å². The summed E-state index contributed by atoms with van der Waals surface area (Å²) in [6.45, 7) is 4.45. The minimum atomic E-state index is -0.0918. The van der Waals surface area contributed by atoms with Crippen LogP contribution >= 0.6 is 12.4 Å². The lowest BCUT2D eigenvalue weighted by Gasteiger charge is -2.29. The van der Waals surface area contributed by atoms with Crippen molar-refractivity contribution in [1.82, 2.24) is 10.6 Å². The molecule has 1 aliphatic carbocycles. The number of carbonyl (C=O) groups excluding carboxylic acids is 2. The summed E-state index contributed by atoms with van der Waals surface area (Å²) >= 11 is 0. The zero-order valence-electron chi connectivity index (χ0n) is 17.5. The van der Waals surface area contributed by atoms with Crippen molar-refractivity contribution in [3.63, 3.8) is 0 Å². The number of benzene rings is 1. The van der Waals surface area contributed by atoms with Crippen LogP contribution in [0.15, 0.2) is 24.3 Å². The molecular weight excluding hydrogens is 388 g/mol. The van der Waals surface area contributed by atoms with Crippen molar-refractivity contribution < 1.29 is 14.3 Å².